The van der Waals surface area contributed by atoms with Gasteiger partial charge in [-0.1, -0.05) is 19.3 Å². The average Bonchev–Trinajstić information content (AvgIpc) is 3.01. The van der Waals surface area contributed by atoms with E-state index in [1.165, 1.54) is 44.9 Å². The molecule has 0 amide bonds. The molecule has 2 saturated carbocycles. The van der Waals surface area contributed by atoms with Crippen molar-refractivity contribution in [3.63, 3.8) is 0 Å². The lowest BCUT2D eigenvalue weighted by molar-refractivity contribution is 0.150. The Morgan fingerprint density at radius 1 is 1.13 bits per heavy atom. The molecule has 0 bridgehead atoms. The molecule has 2 fully saturated rings. The fraction of sp³-hybridized carbons (Fsp3) is 1.00. The number of hydrogen-bond acceptors (Lipinski definition) is 2. The normalized spacial score (nSPS) is 28.0. The van der Waals surface area contributed by atoms with Gasteiger partial charge >= 0.3 is 0 Å². The molecule has 2 rings (SSSR count). The van der Waals surface area contributed by atoms with Gasteiger partial charge in [-0.25, -0.2) is 0 Å². The van der Waals surface area contributed by atoms with Crippen LogP contribution in [0.1, 0.15) is 51.9 Å². The van der Waals surface area contributed by atoms with Crippen molar-refractivity contribution >= 4 is 0 Å². The molecule has 0 aromatic heterocycles. The van der Waals surface area contributed by atoms with Crippen molar-refractivity contribution in [2.75, 3.05) is 13.6 Å². The highest BCUT2D eigenvalue weighted by molar-refractivity contribution is 4.97. The van der Waals surface area contributed by atoms with Crippen LogP contribution in [-0.2, 0) is 0 Å². The summed E-state index contributed by atoms with van der Waals surface area (Å²) >= 11 is 0. The van der Waals surface area contributed by atoms with E-state index in [9.17, 15) is 0 Å². The minimum Gasteiger partial charge on any atom is -0.324 e. The summed E-state index contributed by atoms with van der Waals surface area (Å²) in [6.45, 7) is 3.33. The zero-order chi connectivity index (χ0) is 10.9. The Balaban J connectivity index is 1.81. The zero-order valence-corrected chi connectivity index (χ0v) is 10.3. The number of rotatable bonds is 4. The fourth-order valence-electron chi connectivity index (χ4n) is 3.06. The molecule has 15 heavy (non-hydrogen) atoms. The monoisotopic (exact) mass is 210 g/mol. The van der Waals surface area contributed by atoms with E-state index in [-0.39, 0.29) is 5.54 Å². The summed E-state index contributed by atoms with van der Waals surface area (Å²) in [6, 6.07) is 0.806. The Labute approximate surface area is 94.2 Å². The molecule has 2 heteroatoms. The highest BCUT2D eigenvalue weighted by Crippen LogP contribution is 2.38. The Bertz CT molecular complexity index is 203. The lowest BCUT2D eigenvalue weighted by atomic mass is 9.91. The molecule has 2 N–H and O–H groups in total. The summed E-state index contributed by atoms with van der Waals surface area (Å²) in [6.07, 6.45) is 9.75. The standard InChI is InChI=1S/C13H26N2/c1-13(14,11-8-9-11)10-15(2)12-6-4-3-5-7-12/h11-12H,3-10,14H2,1-2H3. The van der Waals surface area contributed by atoms with Crippen molar-refractivity contribution in [1.29, 1.82) is 0 Å². The van der Waals surface area contributed by atoms with Gasteiger partial charge in [-0.3, -0.25) is 0 Å². The van der Waals surface area contributed by atoms with Gasteiger partial charge in [0.2, 0.25) is 0 Å². The van der Waals surface area contributed by atoms with Crippen molar-refractivity contribution in [2.24, 2.45) is 11.7 Å². The predicted octanol–water partition coefficient (Wildman–Crippen LogP) is 2.38. The maximum Gasteiger partial charge on any atom is 0.0283 e. The van der Waals surface area contributed by atoms with Crippen LogP contribution in [-0.4, -0.2) is 30.1 Å². The van der Waals surface area contributed by atoms with Gasteiger partial charge in [-0.05, 0) is 45.6 Å². The largest absolute Gasteiger partial charge is 0.324 e. The van der Waals surface area contributed by atoms with E-state index in [2.05, 4.69) is 18.9 Å². The zero-order valence-electron chi connectivity index (χ0n) is 10.3. The van der Waals surface area contributed by atoms with Crippen molar-refractivity contribution in [3.05, 3.63) is 0 Å². The van der Waals surface area contributed by atoms with Gasteiger partial charge in [0.05, 0.1) is 0 Å². The lowest BCUT2D eigenvalue weighted by Crippen LogP contribution is -2.51. The second-order valence-corrected chi connectivity index (χ2v) is 5.99. The molecule has 0 radical (unpaired) electrons. The molecular formula is C13H26N2. The van der Waals surface area contributed by atoms with Crippen LogP contribution in [0.25, 0.3) is 0 Å². The molecular weight excluding hydrogens is 184 g/mol. The van der Waals surface area contributed by atoms with Crippen LogP contribution < -0.4 is 5.73 Å². The lowest BCUT2D eigenvalue weighted by Gasteiger charge is -2.37. The maximum atomic E-state index is 6.39. The van der Waals surface area contributed by atoms with Gasteiger partial charge in [0.25, 0.3) is 0 Å². The highest BCUT2D eigenvalue weighted by atomic mass is 15.2. The molecule has 0 aromatic rings. The van der Waals surface area contributed by atoms with Gasteiger partial charge in [0.15, 0.2) is 0 Å². The van der Waals surface area contributed by atoms with Gasteiger partial charge < -0.3 is 10.6 Å². The van der Waals surface area contributed by atoms with Crippen molar-refractivity contribution in [3.8, 4) is 0 Å². The molecule has 0 aromatic carbocycles. The van der Waals surface area contributed by atoms with Crippen LogP contribution in [0.15, 0.2) is 0 Å². The van der Waals surface area contributed by atoms with Gasteiger partial charge in [0.1, 0.15) is 0 Å². The molecule has 1 atom stereocenters. The third kappa shape index (κ3) is 2.94. The second-order valence-electron chi connectivity index (χ2n) is 5.99. The van der Waals surface area contributed by atoms with Crippen LogP contribution >= 0.6 is 0 Å². The first-order chi connectivity index (χ1) is 7.09. The number of likely N-dealkylation sites (N-methyl/N-ethyl adjacent to an activating group) is 1. The topological polar surface area (TPSA) is 29.3 Å². The fourth-order valence-corrected chi connectivity index (χ4v) is 3.06. The van der Waals surface area contributed by atoms with Gasteiger partial charge in [-0.2, -0.15) is 0 Å². The van der Waals surface area contributed by atoms with E-state index in [0.717, 1.165) is 18.5 Å². The molecule has 0 spiro atoms. The van der Waals surface area contributed by atoms with E-state index >= 15 is 0 Å². The molecule has 2 nitrogen and oxygen atoms in total. The SMILES string of the molecule is CN(CC(C)(N)C1CC1)C1CCCCC1. The molecule has 0 saturated heterocycles. The third-order valence-corrected chi connectivity index (χ3v) is 4.30. The first-order valence-electron chi connectivity index (χ1n) is 6.59. The highest BCUT2D eigenvalue weighted by Gasteiger charge is 2.39. The van der Waals surface area contributed by atoms with Crippen LogP contribution in [0.2, 0.25) is 0 Å². The molecule has 1 unspecified atom stereocenters. The average molecular weight is 210 g/mol. The summed E-state index contributed by atoms with van der Waals surface area (Å²) in [4.78, 5) is 2.53. The Morgan fingerprint density at radius 3 is 2.27 bits per heavy atom. The maximum absolute atomic E-state index is 6.39. The summed E-state index contributed by atoms with van der Waals surface area (Å²) in [5.41, 5.74) is 6.45. The Morgan fingerprint density at radius 2 is 1.73 bits per heavy atom. The molecule has 2 aliphatic rings. The first-order valence-corrected chi connectivity index (χ1v) is 6.59. The van der Waals surface area contributed by atoms with Crippen LogP contribution in [0, 0.1) is 5.92 Å². The summed E-state index contributed by atoms with van der Waals surface area (Å²) < 4.78 is 0. The number of nitrogens with zero attached hydrogens (tertiary/aromatic N) is 1. The van der Waals surface area contributed by atoms with E-state index in [1.807, 2.05) is 0 Å². The van der Waals surface area contributed by atoms with Crippen molar-refractivity contribution in [2.45, 2.75) is 63.5 Å². The smallest absolute Gasteiger partial charge is 0.0283 e. The minimum atomic E-state index is 0.0617. The van der Waals surface area contributed by atoms with Gasteiger partial charge in [-0.15, -0.1) is 0 Å². The first kappa shape index (κ1) is 11.4. The number of hydrogen-bond donors (Lipinski definition) is 1. The molecule has 0 aliphatic heterocycles. The Kier molecular flexibility index (Phi) is 3.36. The molecule has 2 aliphatic carbocycles. The van der Waals surface area contributed by atoms with Crippen molar-refractivity contribution in [1.82, 2.24) is 4.90 Å². The second kappa shape index (κ2) is 4.42. The quantitative estimate of drug-likeness (QED) is 0.772. The third-order valence-electron chi connectivity index (χ3n) is 4.30. The van der Waals surface area contributed by atoms with Crippen LogP contribution in [0.3, 0.4) is 0 Å². The van der Waals surface area contributed by atoms with E-state index in [4.69, 9.17) is 5.73 Å². The molecule has 88 valence electrons. The van der Waals surface area contributed by atoms with Crippen LogP contribution in [0.4, 0.5) is 0 Å². The molecule has 0 heterocycles. The summed E-state index contributed by atoms with van der Waals surface area (Å²) in [5, 5.41) is 0. The van der Waals surface area contributed by atoms with E-state index in [1.54, 1.807) is 0 Å². The van der Waals surface area contributed by atoms with E-state index < -0.39 is 0 Å². The number of nitrogens with two attached hydrogens (primary N) is 1. The summed E-state index contributed by atoms with van der Waals surface area (Å²) in [5.74, 6) is 0.795. The predicted molar refractivity (Wildman–Crippen MR) is 64.8 cm³/mol. The van der Waals surface area contributed by atoms with Crippen molar-refractivity contribution < 1.29 is 0 Å². The summed E-state index contributed by atoms with van der Waals surface area (Å²) in [7, 11) is 2.27. The van der Waals surface area contributed by atoms with E-state index in [0.29, 0.717) is 0 Å². The minimum absolute atomic E-state index is 0.0617. The Hall–Kier alpha value is -0.0800. The van der Waals surface area contributed by atoms with Gasteiger partial charge in [0, 0.05) is 18.1 Å². The van der Waals surface area contributed by atoms with Crippen LogP contribution in [0.5, 0.6) is 0 Å².